The summed E-state index contributed by atoms with van der Waals surface area (Å²) in [5, 5.41) is 4.23. The van der Waals surface area contributed by atoms with Gasteiger partial charge in [0.1, 0.15) is 0 Å². The normalized spacial score (nSPS) is 10.8. The van der Waals surface area contributed by atoms with Gasteiger partial charge in [-0.1, -0.05) is 24.3 Å². The predicted molar refractivity (Wildman–Crippen MR) is 79.0 cm³/mol. The van der Waals surface area contributed by atoms with Gasteiger partial charge >= 0.3 is 0 Å². The van der Waals surface area contributed by atoms with E-state index in [4.69, 9.17) is 5.73 Å². The standard InChI is InChI=1S/C15H15N3S/c16-7-12-3-1-2-4-13(12)9-18-11-17-8-15(18)14-5-6-19-10-14/h1-6,8,10-11H,7,9,16H2. The van der Waals surface area contributed by atoms with E-state index in [2.05, 4.69) is 44.6 Å². The van der Waals surface area contributed by atoms with Gasteiger partial charge in [-0.3, -0.25) is 0 Å². The Kier molecular flexibility index (Phi) is 3.44. The Balaban J connectivity index is 1.94. The second kappa shape index (κ2) is 5.38. The summed E-state index contributed by atoms with van der Waals surface area (Å²) < 4.78 is 2.16. The first-order valence-corrected chi connectivity index (χ1v) is 7.12. The molecule has 0 saturated heterocycles. The highest BCUT2D eigenvalue weighted by atomic mass is 32.1. The van der Waals surface area contributed by atoms with E-state index in [0.717, 1.165) is 12.2 Å². The van der Waals surface area contributed by atoms with E-state index in [1.807, 2.05) is 18.6 Å². The Labute approximate surface area is 116 Å². The molecule has 96 valence electrons. The molecule has 2 heterocycles. The van der Waals surface area contributed by atoms with Gasteiger partial charge < -0.3 is 10.3 Å². The molecule has 0 spiro atoms. The highest BCUT2D eigenvalue weighted by Crippen LogP contribution is 2.23. The van der Waals surface area contributed by atoms with Gasteiger partial charge in [-0.25, -0.2) is 4.98 Å². The molecule has 0 aliphatic carbocycles. The number of hydrogen-bond acceptors (Lipinski definition) is 3. The van der Waals surface area contributed by atoms with Crippen LogP contribution in [0.3, 0.4) is 0 Å². The van der Waals surface area contributed by atoms with Crippen molar-refractivity contribution in [1.29, 1.82) is 0 Å². The van der Waals surface area contributed by atoms with E-state index >= 15 is 0 Å². The van der Waals surface area contributed by atoms with Gasteiger partial charge in [0.15, 0.2) is 0 Å². The molecule has 0 unspecified atom stereocenters. The number of aromatic nitrogens is 2. The number of imidazole rings is 1. The number of nitrogens with zero attached hydrogens (tertiary/aromatic N) is 2. The van der Waals surface area contributed by atoms with Crippen LogP contribution in [0.4, 0.5) is 0 Å². The molecule has 2 aromatic heterocycles. The van der Waals surface area contributed by atoms with Crippen LogP contribution in [-0.2, 0) is 13.1 Å². The molecule has 1 aromatic carbocycles. The van der Waals surface area contributed by atoms with Crippen molar-refractivity contribution >= 4 is 11.3 Å². The molecule has 0 atom stereocenters. The van der Waals surface area contributed by atoms with Gasteiger partial charge in [0.25, 0.3) is 0 Å². The lowest BCUT2D eigenvalue weighted by Gasteiger charge is -2.10. The van der Waals surface area contributed by atoms with Crippen molar-refractivity contribution in [1.82, 2.24) is 9.55 Å². The number of hydrogen-bond donors (Lipinski definition) is 1. The lowest BCUT2D eigenvalue weighted by Crippen LogP contribution is -2.06. The maximum atomic E-state index is 5.79. The van der Waals surface area contributed by atoms with Crippen molar-refractivity contribution in [3.05, 3.63) is 64.7 Å². The van der Waals surface area contributed by atoms with Crippen LogP contribution >= 0.6 is 11.3 Å². The van der Waals surface area contributed by atoms with Gasteiger partial charge in [0, 0.05) is 24.0 Å². The lowest BCUT2D eigenvalue weighted by molar-refractivity contribution is 0.792. The molecule has 0 fully saturated rings. The Morgan fingerprint density at radius 2 is 2.00 bits per heavy atom. The SMILES string of the molecule is NCc1ccccc1Cn1cncc1-c1ccsc1. The monoisotopic (exact) mass is 269 g/mol. The summed E-state index contributed by atoms with van der Waals surface area (Å²) in [5.74, 6) is 0. The third-order valence-electron chi connectivity index (χ3n) is 3.21. The average Bonchev–Trinajstić information content (AvgIpc) is 3.09. The average molecular weight is 269 g/mol. The van der Waals surface area contributed by atoms with Crippen molar-refractivity contribution < 1.29 is 0 Å². The molecule has 3 rings (SSSR count). The van der Waals surface area contributed by atoms with Crippen molar-refractivity contribution in [2.45, 2.75) is 13.1 Å². The molecule has 0 radical (unpaired) electrons. The minimum atomic E-state index is 0.568. The molecular weight excluding hydrogens is 254 g/mol. The smallest absolute Gasteiger partial charge is 0.0954 e. The zero-order chi connectivity index (χ0) is 13.1. The third-order valence-corrected chi connectivity index (χ3v) is 3.89. The first-order valence-electron chi connectivity index (χ1n) is 6.18. The van der Waals surface area contributed by atoms with Crippen molar-refractivity contribution in [2.75, 3.05) is 0 Å². The molecule has 2 N–H and O–H groups in total. The number of thiophene rings is 1. The van der Waals surface area contributed by atoms with E-state index in [0.29, 0.717) is 6.54 Å². The van der Waals surface area contributed by atoms with Gasteiger partial charge in [-0.15, -0.1) is 0 Å². The second-order valence-electron chi connectivity index (χ2n) is 4.39. The Bertz CT molecular complexity index is 656. The summed E-state index contributed by atoms with van der Waals surface area (Å²) in [4.78, 5) is 4.27. The minimum absolute atomic E-state index is 0.568. The fourth-order valence-corrected chi connectivity index (χ4v) is 2.84. The quantitative estimate of drug-likeness (QED) is 0.791. The fourth-order valence-electron chi connectivity index (χ4n) is 2.19. The Hall–Kier alpha value is -1.91. The van der Waals surface area contributed by atoms with Gasteiger partial charge in [0.2, 0.25) is 0 Å². The van der Waals surface area contributed by atoms with Crippen LogP contribution in [0.15, 0.2) is 53.6 Å². The zero-order valence-electron chi connectivity index (χ0n) is 10.5. The maximum Gasteiger partial charge on any atom is 0.0954 e. The van der Waals surface area contributed by atoms with Crippen LogP contribution < -0.4 is 5.73 Å². The van der Waals surface area contributed by atoms with Crippen LogP contribution in [0.2, 0.25) is 0 Å². The number of rotatable bonds is 4. The van der Waals surface area contributed by atoms with Crippen LogP contribution in [0.1, 0.15) is 11.1 Å². The topological polar surface area (TPSA) is 43.8 Å². The van der Waals surface area contributed by atoms with E-state index in [1.54, 1.807) is 11.3 Å². The largest absolute Gasteiger partial charge is 0.326 e. The summed E-state index contributed by atoms with van der Waals surface area (Å²) in [6, 6.07) is 10.4. The molecule has 0 aliphatic rings. The van der Waals surface area contributed by atoms with Crippen molar-refractivity contribution in [2.24, 2.45) is 5.73 Å². The molecule has 4 heteroatoms. The first-order chi connectivity index (χ1) is 9.38. The van der Waals surface area contributed by atoms with Gasteiger partial charge in [-0.2, -0.15) is 11.3 Å². The lowest BCUT2D eigenvalue weighted by atomic mass is 10.1. The number of benzene rings is 1. The summed E-state index contributed by atoms with van der Waals surface area (Å²) >= 11 is 1.70. The Morgan fingerprint density at radius 1 is 1.16 bits per heavy atom. The molecule has 0 bridgehead atoms. The fraction of sp³-hybridized carbons (Fsp3) is 0.133. The molecule has 3 aromatic rings. The van der Waals surface area contributed by atoms with Crippen molar-refractivity contribution in [3.8, 4) is 11.3 Å². The highest BCUT2D eigenvalue weighted by molar-refractivity contribution is 7.08. The van der Waals surface area contributed by atoms with Crippen molar-refractivity contribution in [3.63, 3.8) is 0 Å². The zero-order valence-corrected chi connectivity index (χ0v) is 11.3. The molecule has 19 heavy (non-hydrogen) atoms. The van der Waals surface area contributed by atoms with Crippen LogP contribution in [-0.4, -0.2) is 9.55 Å². The first kappa shape index (κ1) is 12.1. The van der Waals surface area contributed by atoms with E-state index in [9.17, 15) is 0 Å². The Morgan fingerprint density at radius 3 is 2.74 bits per heavy atom. The molecule has 0 saturated carbocycles. The molecular formula is C15H15N3S. The van der Waals surface area contributed by atoms with Crippen LogP contribution in [0.25, 0.3) is 11.3 Å². The molecule has 3 nitrogen and oxygen atoms in total. The highest BCUT2D eigenvalue weighted by Gasteiger charge is 2.07. The maximum absolute atomic E-state index is 5.79. The van der Waals surface area contributed by atoms with Gasteiger partial charge in [-0.05, 0) is 22.6 Å². The second-order valence-corrected chi connectivity index (χ2v) is 5.17. The summed E-state index contributed by atoms with van der Waals surface area (Å²) in [7, 11) is 0. The van der Waals surface area contributed by atoms with E-state index in [-0.39, 0.29) is 0 Å². The minimum Gasteiger partial charge on any atom is -0.326 e. The van der Waals surface area contributed by atoms with E-state index < -0.39 is 0 Å². The summed E-state index contributed by atoms with van der Waals surface area (Å²) in [6.45, 7) is 1.37. The van der Waals surface area contributed by atoms with Crippen LogP contribution in [0.5, 0.6) is 0 Å². The van der Waals surface area contributed by atoms with E-state index in [1.165, 1.54) is 16.7 Å². The summed E-state index contributed by atoms with van der Waals surface area (Å²) in [6.07, 6.45) is 3.79. The predicted octanol–water partition coefficient (Wildman–Crippen LogP) is 3.12. The summed E-state index contributed by atoms with van der Waals surface area (Å²) in [5.41, 5.74) is 10.6. The number of nitrogens with two attached hydrogens (primary N) is 1. The van der Waals surface area contributed by atoms with Gasteiger partial charge in [0.05, 0.1) is 18.2 Å². The molecule has 0 amide bonds. The van der Waals surface area contributed by atoms with Crippen LogP contribution in [0, 0.1) is 0 Å². The molecule has 0 aliphatic heterocycles. The third kappa shape index (κ3) is 2.45.